The molecule has 0 radical (unpaired) electrons. The molecule has 2 aromatic heterocycles. The van der Waals surface area contributed by atoms with Crippen molar-refractivity contribution < 1.29 is 26.3 Å². The van der Waals surface area contributed by atoms with Crippen LogP contribution in [-0.4, -0.2) is 37.5 Å². The molecule has 6 rings (SSSR count). The van der Waals surface area contributed by atoms with Crippen LogP contribution in [0.4, 0.5) is 37.7 Å². The maximum absolute atomic E-state index is 14.9. The number of nitrogens with one attached hydrogen (secondary N) is 1. The number of aromatic nitrogens is 4. The molecule has 12 heteroatoms. The van der Waals surface area contributed by atoms with Crippen molar-refractivity contribution in [3.05, 3.63) is 106 Å². The van der Waals surface area contributed by atoms with Crippen LogP contribution in [-0.2, 0) is 13.1 Å². The van der Waals surface area contributed by atoms with Gasteiger partial charge < -0.3 is 0 Å². The van der Waals surface area contributed by atoms with E-state index < -0.39 is 28.1 Å². The largest absolute Gasteiger partial charge is 0.424 e. The molecule has 1 atom stereocenters. The summed E-state index contributed by atoms with van der Waals surface area (Å²) in [5.74, 6) is 0. The zero-order valence-electron chi connectivity index (χ0n) is 24.6. The highest BCUT2D eigenvalue weighted by Crippen LogP contribution is 2.59. The Labute approximate surface area is 251 Å². The van der Waals surface area contributed by atoms with Gasteiger partial charge in [0.1, 0.15) is 5.70 Å². The van der Waals surface area contributed by atoms with E-state index in [9.17, 15) is 26.3 Å². The monoisotopic (exact) mass is 615 g/mol. The third kappa shape index (κ3) is 4.84. The summed E-state index contributed by atoms with van der Waals surface area (Å²) in [6, 6.07) is 15.4. The molecular weight excluding hydrogens is 582 g/mol. The molecule has 2 aromatic carbocycles. The first-order chi connectivity index (χ1) is 20.7. The van der Waals surface area contributed by atoms with E-state index in [2.05, 4.69) is 15.6 Å². The van der Waals surface area contributed by atoms with Crippen molar-refractivity contribution in [1.82, 2.24) is 29.6 Å². The van der Waals surface area contributed by atoms with Crippen LogP contribution in [0, 0.1) is 20.8 Å². The number of hydrogen-bond donors (Lipinski definition) is 1. The van der Waals surface area contributed by atoms with Crippen LogP contribution < -0.4 is 10.0 Å². The quantitative estimate of drug-likeness (QED) is 0.177. The van der Waals surface area contributed by atoms with E-state index in [-0.39, 0.29) is 36.3 Å². The Morgan fingerprint density at radius 2 is 1.39 bits per heavy atom. The number of allylic oxidation sites excluding steroid dienone is 1. The number of alkyl halides is 6. The summed E-state index contributed by atoms with van der Waals surface area (Å²) in [7, 11) is 0. The Morgan fingerprint density at radius 1 is 0.818 bits per heavy atom. The standard InChI is InChI=1S/C32H33F6N6/c1-21-17-39-42(18-21)19-24-8-12-26(13-9-24)44(27-14-10-25(11-15-27)20-43-23(3)16-22(2)40-43)29-7-5-4-6-28(29)30(41-44,31(33,34)35)32(36,37)38/h8-18,41H,4-7,19-20H2,1-3H3/q+1. The Morgan fingerprint density at radius 3 is 1.89 bits per heavy atom. The summed E-state index contributed by atoms with van der Waals surface area (Å²) in [6.45, 7) is 6.53. The number of benzene rings is 2. The van der Waals surface area contributed by atoms with Crippen LogP contribution in [0.15, 0.2) is 78.3 Å². The van der Waals surface area contributed by atoms with Gasteiger partial charge in [-0.25, -0.2) is 0 Å². The summed E-state index contributed by atoms with van der Waals surface area (Å²) < 4.78 is 91.9. The highest BCUT2D eigenvalue weighted by atomic mass is 19.4. The first-order valence-corrected chi connectivity index (χ1v) is 14.5. The molecule has 6 nitrogen and oxygen atoms in total. The van der Waals surface area contributed by atoms with Gasteiger partial charge in [0.15, 0.2) is 11.4 Å². The molecule has 2 aliphatic rings. The van der Waals surface area contributed by atoms with E-state index in [4.69, 9.17) is 0 Å². The molecule has 3 heterocycles. The first kappa shape index (κ1) is 30.1. The van der Waals surface area contributed by atoms with E-state index in [0.717, 1.165) is 28.1 Å². The summed E-state index contributed by atoms with van der Waals surface area (Å²) >= 11 is 0. The fourth-order valence-electron chi connectivity index (χ4n) is 6.67. The smallest absolute Gasteiger partial charge is 0.268 e. The van der Waals surface area contributed by atoms with Gasteiger partial charge in [0.2, 0.25) is 0 Å². The van der Waals surface area contributed by atoms with Gasteiger partial charge in [0.25, 0.3) is 5.54 Å². The Balaban J connectivity index is 1.50. The van der Waals surface area contributed by atoms with E-state index in [0.29, 0.717) is 19.5 Å². The molecule has 0 amide bonds. The maximum Gasteiger partial charge on any atom is 0.424 e. The SMILES string of the molecule is Cc1cnn(Cc2ccc([N+]3(c4ccc(Cn5nc(C)cc5C)cc4)NC(C(F)(F)F)(C(F)(F)F)C4=C3CCCC4)cc2)c1. The first-order valence-electron chi connectivity index (χ1n) is 14.5. The van der Waals surface area contributed by atoms with Gasteiger partial charge in [0, 0.05) is 48.2 Å². The number of aryl methyl sites for hydroxylation is 3. The summed E-state index contributed by atoms with van der Waals surface area (Å²) in [5.41, 5.74) is 2.40. The van der Waals surface area contributed by atoms with Gasteiger partial charge in [-0.05, 0) is 62.8 Å². The zero-order chi connectivity index (χ0) is 31.5. The molecule has 44 heavy (non-hydrogen) atoms. The second-order valence-electron chi connectivity index (χ2n) is 11.8. The van der Waals surface area contributed by atoms with Crippen molar-refractivity contribution in [2.45, 2.75) is 77.4 Å². The molecule has 0 spiro atoms. The predicted octanol–water partition coefficient (Wildman–Crippen LogP) is 7.95. The maximum atomic E-state index is 14.9. The summed E-state index contributed by atoms with van der Waals surface area (Å²) in [5, 5.41) is 8.75. The molecule has 1 aliphatic carbocycles. The highest BCUT2D eigenvalue weighted by Gasteiger charge is 2.81. The van der Waals surface area contributed by atoms with Crippen LogP contribution in [0.5, 0.6) is 0 Å². The Bertz CT molecular complexity index is 1680. The minimum Gasteiger partial charge on any atom is -0.268 e. The lowest BCUT2D eigenvalue weighted by Gasteiger charge is -2.40. The fourth-order valence-corrected chi connectivity index (χ4v) is 6.67. The predicted molar refractivity (Wildman–Crippen MR) is 155 cm³/mol. The van der Waals surface area contributed by atoms with Crippen molar-refractivity contribution >= 4 is 11.4 Å². The lowest BCUT2D eigenvalue weighted by atomic mass is 9.81. The molecule has 0 fully saturated rings. The van der Waals surface area contributed by atoms with Gasteiger partial charge >= 0.3 is 12.4 Å². The van der Waals surface area contributed by atoms with Crippen molar-refractivity contribution in [1.29, 1.82) is 0 Å². The molecule has 4 aromatic rings. The minimum atomic E-state index is -5.63. The minimum absolute atomic E-state index is 0.0904. The molecule has 0 saturated carbocycles. The van der Waals surface area contributed by atoms with E-state index in [1.165, 1.54) is 0 Å². The zero-order valence-corrected chi connectivity index (χ0v) is 24.6. The molecule has 232 valence electrons. The lowest BCUT2D eigenvalue weighted by molar-refractivity contribution is -0.297. The fraction of sp³-hybridized carbons (Fsp3) is 0.375. The lowest BCUT2D eigenvalue weighted by Crippen LogP contribution is -2.71. The number of halogens is 6. The Hall–Kier alpha value is -3.90. The van der Waals surface area contributed by atoms with Crippen LogP contribution in [0.25, 0.3) is 0 Å². The molecule has 0 saturated heterocycles. The third-order valence-corrected chi connectivity index (χ3v) is 8.67. The second kappa shape index (κ2) is 10.6. The van der Waals surface area contributed by atoms with Crippen molar-refractivity contribution in [2.75, 3.05) is 0 Å². The normalized spacial score (nSPS) is 20.3. The topological polar surface area (TPSA) is 47.7 Å². The molecule has 1 aliphatic heterocycles. The Kier molecular flexibility index (Phi) is 7.28. The number of nitrogens with zero attached hydrogens (tertiary/aromatic N) is 5. The van der Waals surface area contributed by atoms with Gasteiger partial charge in [-0.15, -0.1) is 5.43 Å². The van der Waals surface area contributed by atoms with Crippen LogP contribution in [0.3, 0.4) is 0 Å². The van der Waals surface area contributed by atoms with E-state index in [1.807, 2.05) is 37.7 Å². The molecule has 0 bridgehead atoms. The highest BCUT2D eigenvalue weighted by molar-refractivity contribution is 5.67. The molecule has 1 unspecified atom stereocenters. The van der Waals surface area contributed by atoms with E-state index >= 15 is 0 Å². The van der Waals surface area contributed by atoms with Crippen molar-refractivity contribution in [3.8, 4) is 0 Å². The average molecular weight is 616 g/mol. The van der Waals surface area contributed by atoms with Crippen LogP contribution in [0.1, 0.15) is 53.8 Å². The van der Waals surface area contributed by atoms with E-state index in [1.54, 1.807) is 59.4 Å². The van der Waals surface area contributed by atoms with Crippen LogP contribution in [0.2, 0.25) is 0 Å². The van der Waals surface area contributed by atoms with Crippen molar-refractivity contribution in [2.24, 2.45) is 0 Å². The number of hydrogen-bond acceptors (Lipinski definition) is 3. The van der Waals surface area contributed by atoms with Crippen molar-refractivity contribution in [3.63, 3.8) is 0 Å². The number of quaternary nitrogens is 1. The number of rotatable bonds is 6. The summed E-state index contributed by atoms with van der Waals surface area (Å²) in [6.07, 6.45) is -7.15. The average Bonchev–Trinajstić information content (AvgIpc) is 3.62. The summed E-state index contributed by atoms with van der Waals surface area (Å²) in [4.78, 5) is 0. The second-order valence-corrected chi connectivity index (χ2v) is 11.8. The van der Waals surface area contributed by atoms with Gasteiger partial charge in [-0.2, -0.15) is 41.1 Å². The third-order valence-electron chi connectivity index (χ3n) is 8.67. The van der Waals surface area contributed by atoms with Gasteiger partial charge in [-0.3, -0.25) is 9.36 Å². The van der Waals surface area contributed by atoms with Gasteiger partial charge in [-0.1, -0.05) is 24.3 Å². The van der Waals surface area contributed by atoms with Crippen LogP contribution >= 0.6 is 0 Å². The van der Waals surface area contributed by atoms with Gasteiger partial charge in [0.05, 0.1) is 25.0 Å². The molecular formula is C32H33F6N6+. The molecule has 1 N–H and O–H groups in total.